The van der Waals surface area contributed by atoms with Crippen molar-refractivity contribution >= 4 is 12.1 Å². The summed E-state index contributed by atoms with van der Waals surface area (Å²) in [6.07, 6.45) is 4.07. The van der Waals surface area contributed by atoms with Crippen LogP contribution in [0, 0.1) is 0 Å². The lowest BCUT2D eigenvalue weighted by atomic mass is 10.0. The van der Waals surface area contributed by atoms with E-state index in [2.05, 4.69) is 59.4 Å². The molecule has 0 radical (unpaired) electrons. The molecule has 0 saturated heterocycles. The number of hydrogen-bond donors (Lipinski definition) is 4. The van der Waals surface area contributed by atoms with Gasteiger partial charge in [0.1, 0.15) is 0 Å². The molecule has 4 N–H and O–H groups in total. The first kappa shape index (κ1) is 23.3. The fraction of sp³-hybridized carbons (Fsp3) is 0.417. The van der Waals surface area contributed by atoms with E-state index in [0.29, 0.717) is 26.2 Å². The van der Waals surface area contributed by atoms with E-state index in [9.17, 15) is 9.59 Å². The van der Waals surface area contributed by atoms with Crippen molar-refractivity contribution in [2.24, 2.45) is 0 Å². The van der Waals surface area contributed by atoms with Crippen molar-refractivity contribution < 1.29 is 9.59 Å². The number of hydrogen-bond acceptors (Lipinski definition) is 2. The molecule has 162 valence electrons. The average Bonchev–Trinajstić information content (AvgIpc) is 2.77. The summed E-state index contributed by atoms with van der Waals surface area (Å²) in [6.45, 7) is 6.53. The van der Waals surface area contributed by atoms with Crippen LogP contribution in [0.3, 0.4) is 0 Å². The Kier molecular flexibility index (Phi) is 10.3. The number of urea groups is 2. The number of nitrogens with one attached hydrogen (secondary N) is 4. The van der Waals surface area contributed by atoms with Crippen molar-refractivity contribution in [1.82, 2.24) is 21.3 Å². The van der Waals surface area contributed by atoms with Crippen molar-refractivity contribution in [2.45, 2.75) is 52.6 Å². The molecule has 2 rings (SSSR count). The van der Waals surface area contributed by atoms with E-state index < -0.39 is 0 Å². The molecule has 6 heteroatoms. The van der Waals surface area contributed by atoms with Crippen LogP contribution in [0.15, 0.2) is 48.5 Å². The zero-order chi connectivity index (χ0) is 21.6. The molecule has 2 aromatic rings. The van der Waals surface area contributed by atoms with Gasteiger partial charge in [-0.3, -0.25) is 0 Å². The first-order valence-corrected chi connectivity index (χ1v) is 10.8. The molecule has 0 atom stereocenters. The Labute approximate surface area is 179 Å². The summed E-state index contributed by atoms with van der Waals surface area (Å²) in [7, 11) is 0. The maximum Gasteiger partial charge on any atom is 0.315 e. The summed E-state index contributed by atoms with van der Waals surface area (Å²) in [5, 5.41) is 11.5. The monoisotopic (exact) mass is 410 g/mol. The molecule has 4 amide bonds. The van der Waals surface area contributed by atoms with Crippen LogP contribution in [-0.4, -0.2) is 25.2 Å². The summed E-state index contributed by atoms with van der Waals surface area (Å²) in [5.41, 5.74) is 4.24. The summed E-state index contributed by atoms with van der Waals surface area (Å²) >= 11 is 0. The first-order valence-electron chi connectivity index (χ1n) is 10.8. The molecule has 0 saturated carbocycles. The van der Waals surface area contributed by atoms with Gasteiger partial charge in [-0.15, -0.1) is 0 Å². The zero-order valence-corrected chi connectivity index (χ0v) is 18.1. The molecule has 6 nitrogen and oxygen atoms in total. The molecule has 0 bridgehead atoms. The molecule has 0 aliphatic heterocycles. The second kappa shape index (κ2) is 13.2. The summed E-state index contributed by atoms with van der Waals surface area (Å²) < 4.78 is 0. The van der Waals surface area contributed by atoms with E-state index in [0.717, 1.165) is 47.9 Å². The number of unbranched alkanes of at least 4 members (excludes halogenated alkanes) is 2. The summed E-state index contributed by atoms with van der Waals surface area (Å²) in [6, 6.07) is 16.0. The highest BCUT2D eigenvalue weighted by atomic mass is 16.2. The van der Waals surface area contributed by atoms with Gasteiger partial charge in [-0.1, -0.05) is 63.1 Å². The Bertz CT molecular complexity index is 740. The maximum absolute atomic E-state index is 11.8. The predicted octanol–water partition coefficient (Wildman–Crippen LogP) is 4.55. The smallest absolute Gasteiger partial charge is 0.315 e. The fourth-order valence-corrected chi connectivity index (χ4v) is 2.97. The second-order valence-corrected chi connectivity index (χ2v) is 7.33. The van der Waals surface area contributed by atoms with Crippen LogP contribution in [0.2, 0.25) is 0 Å². The molecule has 30 heavy (non-hydrogen) atoms. The number of rotatable bonds is 11. The van der Waals surface area contributed by atoms with Gasteiger partial charge < -0.3 is 21.3 Å². The largest absolute Gasteiger partial charge is 0.338 e. The van der Waals surface area contributed by atoms with Crippen LogP contribution >= 0.6 is 0 Å². The third-order valence-corrected chi connectivity index (χ3v) is 4.73. The van der Waals surface area contributed by atoms with E-state index in [1.807, 2.05) is 24.3 Å². The lowest BCUT2D eigenvalue weighted by Crippen LogP contribution is -2.35. The second-order valence-electron chi connectivity index (χ2n) is 7.33. The van der Waals surface area contributed by atoms with E-state index >= 15 is 0 Å². The lowest BCUT2D eigenvalue weighted by Gasteiger charge is -2.10. The van der Waals surface area contributed by atoms with Gasteiger partial charge >= 0.3 is 12.1 Å². The maximum atomic E-state index is 11.8. The van der Waals surface area contributed by atoms with Crippen LogP contribution in [0.1, 0.15) is 50.7 Å². The number of carbonyl (C=O) groups excluding carboxylic acids is 2. The minimum Gasteiger partial charge on any atom is -0.338 e. The van der Waals surface area contributed by atoms with Crippen molar-refractivity contribution in [1.29, 1.82) is 0 Å². The lowest BCUT2D eigenvalue weighted by molar-refractivity contribution is 0.239. The van der Waals surface area contributed by atoms with E-state index in [4.69, 9.17) is 0 Å². The average molecular weight is 411 g/mol. The number of amides is 4. The van der Waals surface area contributed by atoms with E-state index in [-0.39, 0.29) is 12.1 Å². The van der Waals surface area contributed by atoms with Crippen LogP contribution < -0.4 is 21.3 Å². The molecular weight excluding hydrogens is 376 g/mol. The number of carbonyl (C=O) groups is 2. The van der Waals surface area contributed by atoms with Gasteiger partial charge in [-0.25, -0.2) is 9.59 Å². The summed E-state index contributed by atoms with van der Waals surface area (Å²) in [5.74, 6) is 0. The van der Waals surface area contributed by atoms with Gasteiger partial charge in [-0.05, 0) is 47.2 Å². The molecule has 0 aliphatic carbocycles. The molecule has 0 spiro atoms. The predicted molar refractivity (Wildman–Crippen MR) is 122 cm³/mol. The van der Waals surface area contributed by atoms with Crippen LogP contribution in [0.5, 0.6) is 0 Å². The highest BCUT2D eigenvalue weighted by Crippen LogP contribution is 2.21. The molecule has 0 heterocycles. The van der Waals surface area contributed by atoms with Crippen LogP contribution in [0.25, 0.3) is 11.1 Å². The molecule has 0 fully saturated rings. The van der Waals surface area contributed by atoms with Crippen molar-refractivity contribution in [3.63, 3.8) is 0 Å². The minimum absolute atomic E-state index is 0.140. The van der Waals surface area contributed by atoms with Crippen molar-refractivity contribution in [3.05, 3.63) is 59.7 Å². The quantitative estimate of drug-likeness (QED) is 0.410. The molecule has 2 aromatic carbocycles. The molecular formula is C24H34N4O2. The third-order valence-electron chi connectivity index (χ3n) is 4.73. The fourth-order valence-electron chi connectivity index (χ4n) is 2.97. The molecule has 0 aromatic heterocycles. The third kappa shape index (κ3) is 8.55. The standard InChI is InChI=1S/C24H34N4O2/c1-3-5-13-25-23(29)27-17-19-9-7-11-21(15-19)22-12-8-10-20(16-22)18-28-24(30)26-14-6-4-2/h7-12,15-16H,3-6,13-14,17-18H2,1-2H3,(H2,25,27,29)(H2,26,28,30). The Morgan fingerprint density at radius 3 is 1.50 bits per heavy atom. The van der Waals surface area contributed by atoms with E-state index in [1.165, 1.54) is 0 Å². The molecule has 0 unspecified atom stereocenters. The Morgan fingerprint density at radius 2 is 1.10 bits per heavy atom. The van der Waals surface area contributed by atoms with Gasteiger partial charge in [0, 0.05) is 26.2 Å². The zero-order valence-electron chi connectivity index (χ0n) is 18.1. The van der Waals surface area contributed by atoms with Gasteiger partial charge in [0.05, 0.1) is 0 Å². The van der Waals surface area contributed by atoms with Gasteiger partial charge in [0.15, 0.2) is 0 Å². The Hall–Kier alpha value is -3.02. The van der Waals surface area contributed by atoms with E-state index in [1.54, 1.807) is 0 Å². The Morgan fingerprint density at radius 1 is 0.667 bits per heavy atom. The highest BCUT2D eigenvalue weighted by molar-refractivity contribution is 5.74. The van der Waals surface area contributed by atoms with Gasteiger partial charge in [0.25, 0.3) is 0 Å². The normalized spacial score (nSPS) is 10.3. The summed E-state index contributed by atoms with van der Waals surface area (Å²) in [4.78, 5) is 23.7. The van der Waals surface area contributed by atoms with Gasteiger partial charge in [-0.2, -0.15) is 0 Å². The van der Waals surface area contributed by atoms with Crippen LogP contribution in [-0.2, 0) is 13.1 Å². The highest BCUT2D eigenvalue weighted by Gasteiger charge is 2.05. The van der Waals surface area contributed by atoms with Crippen molar-refractivity contribution in [3.8, 4) is 11.1 Å². The number of benzene rings is 2. The van der Waals surface area contributed by atoms with Crippen LogP contribution in [0.4, 0.5) is 9.59 Å². The molecule has 0 aliphatic rings. The first-order chi connectivity index (χ1) is 14.6. The van der Waals surface area contributed by atoms with Crippen molar-refractivity contribution in [2.75, 3.05) is 13.1 Å². The SMILES string of the molecule is CCCCNC(=O)NCc1cccc(-c2cccc(CNC(=O)NCCCC)c2)c1. The van der Waals surface area contributed by atoms with Gasteiger partial charge in [0.2, 0.25) is 0 Å². The minimum atomic E-state index is -0.140. The topological polar surface area (TPSA) is 82.3 Å². The Balaban J connectivity index is 1.91.